The van der Waals surface area contributed by atoms with E-state index >= 15 is 0 Å². The highest BCUT2D eigenvalue weighted by molar-refractivity contribution is 6.16. The van der Waals surface area contributed by atoms with Crippen molar-refractivity contribution in [1.82, 2.24) is 9.88 Å². The number of amides is 1. The van der Waals surface area contributed by atoms with Gasteiger partial charge in [0.1, 0.15) is 13.1 Å². The Kier molecular flexibility index (Phi) is 6.52. The largest absolute Gasteiger partial charge is 0.503 e. The Balaban J connectivity index is 1.45. The van der Waals surface area contributed by atoms with Gasteiger partial charge in [0.15, 0.2) is 22.9 Å². The molecule has 2 aromatic heterocycles. The fourth-order valence-electron chi connectivity index (χ4n) is 4.86. The zero-order chi connectivity index (χ0) is 24.4. The van der Waals surface area contributed by atoms with E-state index in [0.29, 0.717) is 28.8 Å². The van der Waals surface area contributed by atoms with Gasteiger partial charge in [-0.05, 0) is 29.8 Å². The number of aliphatic hydroxyl groups excluding tert-OH is 1. The minimum absolute atomic E-state index is 0.0120. The number of furan rings is 1. The number of hydrogen-bond acceptors (Lipinski definition) is 7. The summed E-state index contributed by atoms with van der Waals surface area (Å²) in [5, 5.41) is 11.6. The number of nitrogens with one attached hydrogen (secondary N) is 1. The van der Waals surface area contributed by atoms with Crippen LogP contribution in [-0.2, 0) is 9.53 Å². The SMILES string of the molecule is COc1cccc2cc(C(=O)C3=C(O)C(=O)N(CCC[NH+]4CCOCC4)[C@@H]3c3ccncc3)oc12. The number of methoxy groups -OCH3 is 1. The van der Waals surface area contributed by atoms with Crippen LogP contribution in [-0.4, -0.2) is 73.2 Å². The smallest absolute Gasteiger partial charge is 0.290 e. The molecule has 2 aliphatic heterocycles. The zero-order valence-electron chi connectivity index (χ0n) is 19.5. The van der Waals surface area contributed by atoms with Crippen LogP contribution in [0.4, 0.5) is 0 Å². The van der Waals surface area contributed by atoms with E-state index in [9.17, 15) is 14.7 Å². The monoisotopic (exact) mass is 478 g/mol. The number of carbonyl (C=O) groups is 2. The third-order valence-electron chi connectivity index (χ3n) is 6.65. The summed E-state index contributed by atoms with van der Waals surface area (Å²) in [7, 11) is 1.53. The Hall–Kier alpha value is -3.69. The number of ketones is 1. The van der Waals surface area contributed by atoms with Crippen molar-refractivity contribution in [1.29, 1.82) is 0 Å². The molecule has 2 aliphatic rings. The third-order valence-corrected chi connectivity index (χ3v) is 6.65. The Morgan fingerprint density at radius 3 is 2.74 bits per heavy atom. The quantitative estimate of drug-likeness (QED) is 0.475. The normalized spacial score (nSPS) is 19.1. The molecule has 9 nitrogen and oxygen atoms in total. The van der Waals surface area contributed by atoms with Gasteiger partial charge >= 0.3 is 0 Å². The lowest BCUT2D eigenvalue weighted by molar-refractivity contribution is -0.908. The highest BCUT2D eigenvalue weighted by atomic mass is 16.5. The van der Waals surface area contributed by atoms with Gasteiger partial charge in [-0.3, -0.25) is 14.6 Å². The lowest BCUT2D eigenvalue weighted by Crippen LogP contribution is -3.14. The topological polar surface area (TPSA) is 107 Å². The minimum atomic E-state index is -0.729. The molecule has 1 fully saturated rings. The summed E-state index contributed by atoms with van der Waals surface area (Å²) in [5.74, 6) is -1.08. The first-order valence-corrected chi connectivity index (χ1v) is 11.7. The fourth-order valence-corrected chi connectivity index (χ4v) is 4.86. The molecule has 0 aliphatic carbocycles. The standard InChI is InChI=1S/C26H27N3O6/c1-33-19-5-2-4-18-16-20(35-25(18)19)23(30)21-22(17-6-8-27-9-7-17)29(26(32)24(21)31)11-3-10-28-12-14-34-15-13-28/h2,4-9,16,22,31H,3,10-15H2,1H3/p+1/t22-/m1/s1. The average Bonchev–Trinajstić information content (AvgIpc) is 3.44. The molecular formula is C26H28N3O6+. The van der Waals surface area contributed by atoms with Crippen LogP contribution >= 0.6 is 0 Å². The van der Waals surface area contributed by atoms with Crippen molar-refractivity contribution in [3.63, 3.8) is 0 Å². The summed E-state index contributed by atoms with van der Waals surface area (Å²) >= 11 is 0. The number of Topliss-reactive ketones (excluding diaryl/α,β-unsaturated/α-hetero) is 1. The molecule has 5 rings (SSSR count). The van der Waals surface area contributed by atoms with E-state index in [1.807, 2.05) is 6.07 Å². The second kappa shape index (κ2) is 9.89. The first-order valence-electron chi connectivity index (χ1n) is 11.7. The first-order chi connectivity index (χ1) is 17.1. The van der Waals surface area contributed by atoms with Gasteiger partial charge in [0.05, 0.1) is 38.5 Å². The maximum atomic E-state index is 13.7. The van der Waals surface area contributed by atoms with E-state index in [-0.39, 0.29) is 11.3 Å². The molecule has 2 N–H and O–H groups in total. The molecule has 0 saturated carbocycles. The molecule has 1 aromatic carbocycles. The summed E-state index contributed by atoms with van der Waals surface area (Å²) in [6, 6.07) is 9.75. The minimum Gasteiger partial charge on any atom is -0.503 e. The molecular weight excluding hydrogens is 450 g/mol. The van der Waals surface area contributed by atoms with Crippen molar-refractivity contribution in [2.75, 3.05) is 46.5 Å². The van der Waals surface area contributed by atoms with Gasteiger partial charge in [-0.25, -0.2) is 0 Å². The van der Waals surface area contributed by atoms with Crippen LogP contribution in [0, 0.1) is 0 Å². The second-order valence-corrected chi connectivity index (χ2v) is 8.73. The van der Waals surface area contributed by atoms with Crippen LogP contribution in [0.2, 0.25) is 0 Å². The van der Waals surface area contributed by atoms with E-state index in [4.69, 9.17) is 13.9 Å². The third kappa shape index (κ3) is 4.40. The van der Waals surface area contributed by atoms with Crippen LogP contribution in [0.25, 0.3) is 11.0 Å². The highest BCUT2D eigenvalue weighted by Gasteiger charge is 2.44. The van der Waals surface area contributed by atoms with Gasteiger partial charge in [-0.1, -0.05) is 12.1 Å². The van der Waals surface area contributed by atoms with E-state index in [1.165, 1.54) is 12.0 Å². The van der Waals surface area contributed by atoms with Crippen molar-refractivity contribution in [3.05, 3.63) is 71.4 Å². The van der Waals surface area contributed by atoms with Gasteiger partial charge in [0.25, 0.3) is 5.91 Å². The maximum absolute atomic E-state index is 13.7. The summed E-state index contributed by atoms with van der Waals surface area (Å²) < 4.78 is 16.6. The second-order valence-electron chi connectivity index (χ2n) is 8.73. The van der Waals surface area contributed by atoms with Crippen LogP contribution in [0.1, 0.15) is 28.6 Å². The molecule has 9 heteroatoms. The number of nitrogens with zero attached hydrogens (tertiary/aromatic N) is 2. The Morgan fingerprint density at radius 2 is 2.00 bits per heavy atom. The van der Waals surface area contributed by atoms with Gasteiger partial charge in [-0.2, -0.15) is 0 Å². The number of rotatable bonds is 8. The molecule has 0 unspecified atom stereocenters. The molecule has 4 heterocycles. The van der Waals surface area contributed by atoms with Crippen LogP contribution in [0.3, 0.4) is 0 Å². The summed E-state index contributed by atoms with van der Waals surface area (Å²) in [5.41, 5.74) is 1.15. The number of fused-ring (bicyclic) bond motifs is 1. The van der Waals surface area contributed by atoms with Crippen molar-refractivity contribution >= 4 is 22.7 Å². The number of pyridine rings is 1. The number of aliphatic hydroxyl groups is 1. The van der Waals surface area contributed by atoms with Crippen molar-refractivity contribution in [2.24, 2.45) is 0 Å². The van der Waals surface area contributed by atoms with Crippen molar-refractivity contribution < 1.29 is 33.5 Å². The number of morpholine rings is 1. The zero-order valence-corrected chi connectivity index (χ0v) is 19.5. The lowest BCUT2D eigenvalue weighted by Gasteiger charge is -2.28. The Morgan fingerprint density at radius 1 is 1.23 bits per heavy atom. The number of hydrogen-bond donors (Lipinski definition) is 2. The summed E-state index contributed by atoms with van der Waals surface area (Å²) in [4.78, 5) is 33.9. The Bertz CT molecular complexity index is 1260. The number of quaternary nitrogens is 1. The van der Waals surface area contributed by atoms with E-state index in [0.717, 1.165) is 39.3 Å². The van der Waals surface area contributed by atoms with E-state index in [2.05, 4.69) is 4.98 Å². The molecule has 1 amide bonds. The van der Waals surface area contributed by atoms with Crippen molar-refractivity contribution in [3.8, 4) is 5.75 Å². The van der Waals surface area contributed by atoms with Crippen LogP contribution in [0.15, 0.2) is 64.5 Å². The highest BCUT2D eigenvalue weighted by Crippen LogP contribution is 2.40. The van der Waals surface area contributed by atoms with Gasteiger partial charge < -0.3 is 28.8 Å². The van der Waals surface area contributed by atoms with Gasteiger partial charge in [0, 0.05) is 30.7 Å². The molecule has 3 aromatic rings. The van der Waals surface area contributed by atoms with E-state index < -0.39 is 23.5 Å². The summed E-state index contributed by atoms with van der Waals surface area (Å²) in [6.45, 7) is 4.63. The maximum Gasteiger partial charge on any atom is 0.290 e. The van der Waals surface area contributed by atoms with Crippen LogP contribution < -0.4 is 9.64 Å². The van der Waals surface area contributed by atoms with Crippen molar-refractivity contribution in [2.45, 2.75) is 12.5 Å². The molecule has 35 heavy (non-hydrogen) atoms. The summed E-state index contributed by atoms with van der Waals surface area (Å²) in [6.07, 6.45) is 3.96. The number of para-hydroxylation sites is 1. The number of carbonyl (C=O) groups excluding carboxylic acids is 2. The lowest BCUT2D eigenvalue weighted by atomic mass is 9.95. The number of benzene rings is 1. The van der Waals surface area contributed by atoms with Crippen LogP contribution in [0.5, 0.6) is 5.75 Å². The van der Waals surface area contributed by atoms with E-state index in [1.54, 1.807) is 47.6 Å². The first kappa shape index (κ1) is 23.1. The molecule has 182 valence electrons. The predicted octanol–water partition coefficient (Wildman–Crippen LogP) is 1.72. The molecule has 1 saturated heterocycles. The van der Waals surface area contributed by atoms with Gasteiger partial charge in [0.2, 0.25) is 5.78 Å². The molecule has 0 radical (unpaired) electrons. The average molecular weight is 479 g/mol. The number of ether oxygens (including phenoxy) is 2. The predicted molar refractivity (Wildman–Crippen MR) is 126 cm³/mol. The molecule has 1 atom stereocenters. The number of aromatic nitrogens is 1. The van der Waals surface area contributed by atoms with Gasteiger partial charge in [-0.15, -0.1) is 0 Å². The fraction of sp³-hybridized carbons (Fsp3) is 0.346. The molecule has 0 spiro atoms. The Labute approximate surface area is 202 Å². The molecule has 0 bridgehead atoms.